The van der Waals surface area contributed by atoms with E-state index in [1.165, 1.54) is 11.3 Å². The second-order valence-electron chi connectivity index (χ2n) is 3.93. The first-order valence-electron chi connectivity index (χ1n) is 5.28. The van der Waals surface area contributed by atoms with E-state index in [-0.39, 0.29) is 0 Å². The molecule has 1 N–H and O–H groups in total. The molecule has 0 unspecified atom stereocenters. The zero-order valence-electron chi connectivity index (χ0n) is 9.60. The molecular weight excluding hydrogens is 216 g/mol. The molecule has 16 heavy (non-hydrogen) atoms. The number of benzene rings is 1. The summed E-state index contributed by atoms with van der Waals surface area (Å²) in [6, 6.07) is 10.6. The van der Waals surface area contributed by atoms with Gasteiger partial charge in [0.05, 0.1) is 0 Å². The Labute approximate surface area is 101 Å². The number of rotatable bonds is 4. The summed E-state index contributed by atoms with van der Waals surface area (Å²) in [5.74, 6) is 0. The molecule has 0 fully saturated rings. The van der Waals surface area contributed by atoms with Crippen molar-refractivity contribution in [2.45, 2.75) is 6.54 Å². The van der Waals surface area contributed by atoms with Gasteiger partial charge in [0.25, 0.3) is 0 Å². The summed E-state index contributed by atoms with van der Waals surface area (Å²) in [6.45, 7) is 0.889. The third-order valence-corrected chi connectivity index (χ3v) is 3.17. The monoisotopic (exact) mass is 232 g/mol. The molecule has 0 aliphatic heterocycles. The molecule has 1 aromatic heterocycles. The average molecular weight is 232 g/mol. The van der Waals surface area contributed by atoms with Crippen molar-refractivity contribution in [2.75, 3.05) is 24.3 Å². The van der Waals surface area contributed by atoms with Crippen molar-refractivity contribution in [3.8, 4) is 0 Å². The number of nitrogens with one attached hydrogen (secondary N) is 1. The Hall–Kier alpha value is -1.48. The highest BCUT2D eigenvalue weighted by molar-refractivity contribution is 7.07. The third kappa shape index (κ3) is 2.76. The van der Waals surface area contributed by atoms with Crippen LogP contribution >= 0.6 is 11.3 Å². The highest BCUT2D eigenvalue weighted by atomic mass is 32.1. The second-order valence-corrected chi connectivity index (χ2v) is 4.71. The van der Waals surface area contributed by atoms with Crippen molar-refractivity contribution in [2.24, 2.45) is 0 Å². The van der Waals surface area contributed by atoms with Crippen LogP contribution in [0.1, 0.15) is 5.56 Å². The minimum atomic E-state index is 0.889. The predicted molar refractivity (Wildman–Crippen MR) is 72.4 cm³/mol. The molecule has 0 saturated carbocycles. The largest absolute Gasteiger partial charge is 0.381 e. The Morgan fingerprint density at radius 2 is 2.12 bits per heavy atom. The van der Waals surface area contributed by atoms with Gasteiger partial charge in [0.15, 0.2) is 0 Å². The Morgan fingerprint density at radius 1 is 1.25 bits per heavy atom. The molecule has 0 aliphatic carbocycles. The summed E-state index contributed by atoms with van der Waals surface area (Å²) >= 11 is 1.73. The molecule has 2 rings (SSSR count). The first-order chi connectivity index (χ1) is 7.75. The lowest BCUT2D eigenvalue weighted by atomic mass is 10.2. The minimum Gasteiger partial charge on any atom is -0.381 e. The molecule has 0 amide bonds. The molecule has 1 aromatic carbocycles. The summed E-state index contributed by atoms with van der Waals surface area (Å²) in [4.78, 5) is 2.11. The number of hydrogen-bond donors (Lipinski definition) is 1. The van der Waals surface area contributed by atoms with Gasteiger partial charge in [-0.1, -0.05) is 6.07 Å². The van der Waals surface area contributed by atoms with Gasteiger partial charge in [0.1, 0.15) is 0 Å². The van der Waals surface area contributed by atoms with Gasteiger partial charge in [-0.05, 0) is 40.6 Å². The second kappa shape index (κ2) is 5.03. The van der Waals surface area contributed by atoms with Gasteiger partial charge in [-0.3, -0.25) is 0 Å². The summed E-state index contributed by atoms with van der Waals surface area (Å²) in [5, 5.41) is 7.70. The molecule has 84 valence electrons. The van der Waals surface area contributed by atoms with Crippen LogP contribution in [-0.4, -0.2) is 14.1 Å². The van der Waals surface area contributed by atoms with Crippen LogP contribution in [0.5, 0.6) is 0 Å². The number of hydrogen-bond acceptors (Lipinski definition) is 3. The highest BCUT2D eigenvalue weighted by Gasteiger charge is 1.97. The van der Waals surface area contributed by atoms with Gasteiger partial charge in [0.2, 0.25) is 0 Å². The molecule has 0 radical (unpaired) electrons. The molecule has 0 atom stereocenters. The number of nitrogens with zero attached hydrogens (tertiary/aromatic N) is 1. The van der Waals surface area contributed by atoms with E-state index in [0.717, 1.165) is 12.2 Å². The summed E-state index contributed by atoms with van der Waals surface area (Å²) in [6.07, 6.45) is 0. The van der Waals surface area contributed by atoms with Gasteiger partial charge >= 0.3 is 0 Å². The fourth-order valence-corrected chi connectivity index (χ4v) is 2.16. The van der Waals surface area contributed by atoms with Gasteiger partial charge in [0, 0.05) is 32.0 Å². The van der Waals surface area contributed by atoms with Crippen LogP contribution in [0.25, 0.3) is 0 Å². The topological polar surface area (TPSA) is 15.3 Å². The maximum absolute atomic E-state index is 3.42. The Balaban J connectivity index is 2.01. The van der Waals surface area contributed by atoms with E-state index in [2.05, 4.69) is 65.4 Å². The predicted octanol–water partition coefficient (Wildman–Crippen LogP) is 3.43. The van der Waals surface area contributed by atoms with Crippen molar-refractivity contribution in [3.63, 3.8) is 0 Å². The summed E-state index contributed by atoms with van der Waals surface area (Å²) < 4.78 is 0. The van der Waals surface area contributed by atoms with Crippen LogP contribution < -0.4 is 10.2 Å². The van der Waals surface area contributed by atoms with E-state index < -0.39 is 0 Å². The summed E-state index contributed by atoms with van der Waals surface area (Å²) in [5.41, 5.74) is 3.72. The maximum Gasteiger partial charge on any atom is 0.0409 e. The smallest absolute Gasteiger partial charge is 0.0409 e. The first-order valence-corrected chi connectivity index (χ1v) is 6.22. The van der Waals surface area contributed by atoms with Gasteiger partial charge in [-0.2, -0.15) is 11.3 Å². The quantitative estimate of drug-likeness (QED) is 0.869. The van der Waals surface area contributed by atoms with Gasteiger partial charge in [-0.25, -0.2) is 0 Å². The fraction of sp³-hybridized carbons (Fsp3) is 0.231. The fourth-order valence-electron chi connectivity index (χ4n) is 1.49. The zero-order valence-corrected chi connectivity index (χ0v) is 10.4. The van der Waals surface area contributed by atoms with Crippen molar-refractivity contribution in [1.82, 2.24) is 0 Å². The lowest BCUT2D eigenvalue weighted by molar-refractivity contribution is 1.12. The van der Waals surface area contributed by atoms with Gasteiger partial charge in [-0.15, -0.1) is 0 Å². The average Bonchev–Trinajstić information content (AvgIpc) is 2.79. The summed E-state index contributed by atoms with van der Waals surface area (Å²) in [7, 11) is 4.11. The van der Waals surface area contributed by atoms with E-state index in [1.54, 1.807) is 11.3 Å². The third-order valence-electron chi connectivity index (χ3n) is 2.44. The van der Waals surface area contributed by atoms with Crippen LogP contribution in [0.15, 0.2) is 41.1 Å². The molecule has 0 spiro atoms. The standard InChI is InChI=1S/C13H16N2S/c1-15(2)13-5-3-4-12(8-13)14-9-11-6-7-16-10-11/h3-8,10,14H,9H2,1-2H3. The molecule has 0 bridgehead atoms. The van der Waals surface area contributed by atoms with Crippen molar-refractivity contribution in [3.05, 3.63) is 46.7 Å². The Bertz CT molecular complexity index is 435. The van der Waals surface area contributed by atoms with E-state index in [9.17, 15) is 0 Å². The van der Waals surface area contributed by atoms with Crippen LogP contribution in [0, 0.1) is 0 Å². The van der Waals surface area contributed by atoms with Crippen LogP contribution in [0.2, 0.25) is 0 Å². The van der Waals surface area contributed by atoms with E-state index in [1.807, 2.05) is 0 Å². The van der Waals surface area contributed by atoms with E-state index in [4.69, 9.17) is 0 Å². The number of anilines is 2. The Kier molecular flexibility index (Phi) is 3.47. The molecular formula is C13H16N2S. The van der Waals surface area contributed by atoms with Gasteiger partial charge < -0.3 is 10.2 Å². The van der Waals surface area contributed by atoms with Crippen molar-refractivity contribution < 1.29 is 0 Å². The van der Waals surface area contributed by atoms with E-state index >= 15 is 0 Å². The van der Waals surface area contributed by atoms with E-state index in [0.29, 0.717) is 0 Å². The molecule has 0 aliphatic rings. The molecule has 0 saturated heterocycles. The van der Waals surface area contributed by atoms with Crippen molar-refractivity contribution in [1.29, 1.82) is 0 Å². The van der Waals surface area contributed by atoms with Crippen LogP contribution in [0.4, 0.5) is 11.4 Å². The SMILES string of the molecule is CN(C)c1cccc(NCc2ccsc2)c1. The molecule has 1 heterocycles. The first kappa shape index (κ1) is 11.0. The normalized spacial score (nSPS) is 10.1. The van der Waals surface area contributed by atoms with Crippen LogP contribution in [-0.2, 0) is 6.54 Å². The lowest BCUT2D eigenvalue weighted by Crippen LogP contribution is -2.08. The van der Waals surface area contributed by atoms with Crippen molar-refractivity contribution >= 4 is 22.7 Å². The maximum atomic E-state index is 3.42. The molecule has 3 heteroatoms. The highest BCUT2D eigenvalue weighted by Crippen LogP contribution is 2.18. The molecule has 2 nitrogen and oxygen atoms in total. The zero-order chi connectivity index (χ0) is 11.4. The lowest BCUT2D eigenvalue weighted by Gasteiger charge is -2.14. The van der Waals surface area contributed by atoms with Crippen LogP contribution in [0.3, 0.4) is 0 Å². The number of thiophene rings is 1. The Morgan fingerprint density at radius 3 is 2.81 bits per heavy atom. The minimum absolute atomic E-state index is 0.889. The molecule has 2 aromatic rings.